The number of carbonyl (C=O) groups is 4. The molecule has 1 atom stereocenters. The number of carboxylic acid groups (broad SMARTS) is 1. The van der Waals surface area contributed by atoms with E-state index in [1.54, 1.807) is 18.2 Å². The maximum atomic E-state index is 12.1. The quantitative estimate of drug-likeness (QED) is 0.148. The lowest BCUT2D eigenvalue weighted by atomic mass is 10.0. The first-order valence-corrected chi connectivity index (χ1v) is 12.8. The van der Waals surface area contributed by atoms with Crippen LogP contribution in [-0.2, 0) is 19.1 Å². The fourth-order valence-electron chi connectivity index (χ4n) is 3.70. The molecule has 1 amide bonds. The van der Waals surface area contributed by atoms with Crippen LogP contribution in [0.1, 0.15) is 114 Å². The third kappa shape index (κ3) is 14.4. The first kappa shape index (κ1) is 29.3. The summed E-state index contributed by atoms with van der Waals surface area (Å²) >= 11 is 0. The number of carbonyl (C=O) groups excluding carboxylic acids is 3. The van der Waals surface area contributed by atoms with Crippen LogP contribution in [-0.4, -0.2) is 35.0 Å². The molecule has 1 unspecified atom stereocenters. The molecule has 0 aliphatic heterocycles. The zero-order chi connectivity index (χ0) is 25.0. The van der Waals surface area contributed by atoms with E-state index in [0.717, 1.165) is 19.3 Å². The molecule has 0 aromatic heterocycles. The molecule has 0 saturated heterocycles. The van der Waals surface area contributed by atoms with Crippen molar-refractivity contribution in [2.45, 2.75) is 109 Å². The summed E-state index contributed by atoms with van der Waals surface area (Å²) in [6.45, 7) is 2.23. The highest BCUT2D eigenvalue weighted by Crippen LogP contribution is 2.13. The second kappa shape index (κ2) is 18.7. The van der Waals surface area contributed by atoms with Gasteiger partial charge in [0.1, 0.15) is 6.04 Å². The summed E-state index contributed by atoms with van der Waals surface area (Å²) in [5.74, 6) is -3.16. The largest absolute Gasteiger partial charge is 0.480 e. The first-order valence-electron chi connectivity index (χ1n) is 12.8. The molecule has 34 heavy (non-hydrogen) atoms. The lowest BCUT2D eigenvalue weighted by molar-refractivity contribution is -0.143. The minimum Gasteiger partial charge on any atom is -0.480 e. The monoisotopic (exact) mass is 475 g/mol. The number of rotatable bonds is 19. The number of benzene rings is 1. The summed E-state index contributed by atoms with van der Waals surface area (Å²) in [4.78, 5) is 47.3. The topological polar surface area (TPSA) is 110 Å². The van der Waals surface area contributed by atoms with E-state index in [1.165, 1.54) is 63.5 Å². The van der Waals surface area contributed by atoms with Crippen LogP contribution in [0.5, 0.6) is 0 Å². The van der Waals surface area contributed by atoms with Gasteiger partial charge in [0.15, 0.2) is 0 Å². The summed E-state index contributed by atoms with van der Waals surface area (Å²) in [6, 6.07) is 6.87. The predicted molar refractivity (Wildman–Crippen MR) is 131 cm³/mol. The van der Waals surface area contributed by atoms with Gasteiger partial charge in [-0.15, -0.1) is 0 Å². The fraction of sp³-hybridized carbons (Fsp3) is 0.630. The molecule has 0 bridgehead atoms. The number of nitrogens with one attached hydrogen (secondary N) is 1. The highest BCUT2D eigenvalue weighted by Gasteiger charge is 2.22. The van der Waals surface area contributed by atoms with Gasteiger partial charge < -0.3 is 15.2 Å². The number of ether oxygens (including phenoxy) is 1. The van der Waals surface area contributed by atoms with Gasteiger partial charge in [0.25, 0.3) is 0 Å². The number of aliphatic carboxylic acids is 1. The normalized spacial score (nSPS) is 11.6. The lowest BCUT2D eigenvalue weighted by Gasteiger charge is -2.14. The molecular weight excluding hydrogens is 434 g/mol. The number of carboxylic acids is 1. The molecule has 7 heteroatoms. The number of esters is 2. The van der Waals surface area contributed by atoms with E-state index in [2.05, 4.69) is 12.2 Å². The fourth-order valence-corrected chi connectivity index (χ4v) is 3.70. The van der Waals surface area contributed by atoms with Crippen LogP contribution in [0.15, 0.2) is 30.3 Å². The van der Waals surface area contributed by atoms with E-state index in [-0.39, 0.29) is 30.7 Å². The summed E-state index contributed by atoms with van der Waals surface area (Å²) in [5, 5.41) is 11.8. The second-order valence-electron chi connectivity index (χ2n) is 8.76. The van der Waals surface area contributed by atoms with Gasteiger partial charge in [-0.1, -0.05) is 95.8 Å². The van der Waals surface area contributed by atoms with Crippen molar-refractivity contribution in [3.63, 3.8) is 0 Å². The molecule has 7 nitrogen and oxygen atoms in total. The average Bonchev–Trinajstić information content (AvgIpc) is 2.82. The Hall–Kier alpha value is -2.70. The zero-order valence-corrected chi connectivity index (χ0v) is 20.6. The van der Waals surface area contributed by atoms with E-state index in [9.17, 15) is 24.3 Å². The average molecular weight is 476 g/mol. The molecule has 2 N–H and O–H groups in total. The van der Waals surface area contributed by atoms with E-state index < -0.39 is 23.9 Å². The number of unbranched alkanes of at least 4 members (excludes halogenated alkanes) is 11. The predicted octanol–water partition coefficient (Wildman–Crippen LogP) is 5.81. The van der Waals surface area contributed by atoms with Crippen LogP contribution in [0.3, 0.4) is 0 Å². The van der Waals surface area contributed by atoms with Crippen LogP contribution >= 0.6 is 0 Å². The van der Waals surface area contributed by atoms with Gasteiger partial charge >= 0.3 is 17.9 Å². The van der Waals surface area contributed by atoms with Crippen molar-refractivity contribution in [2.24, 2.45) is 0 Å². The molecular formula is C27H41NO6. The Kier molecular flexibility index (Phi) is 16.1. The van der Waals surface area contributed by atoms with Crippen LogP contribution in [0, 0.1) is 0 Å². The Morgan fingerprint density at radius 1 is 0.794 bits per heavy atom. The Morgan fingerprint density at radius 3 is 1.85 bits per heavy atom. The molecule has 0 fully saturated rings. The third-order valence-corrected chi connectivity index (χ3v) is 5.74. The van der Waals surface area contributed by atoms with Crippen LogP contribution in [0.25, 0.3) is 0 Å². The van der Waals surface area contributed by atoms with Crippen molar-refractivity contribution in [1.82, 2.24) is 5.32 Å². The molecule has 0 aliphatic rings. The van der Waals surface area contributed by atoms with Gasteiger partial charge in [0.05, 0.1) is 5.56 Å². The van der Waals surface area contributed by atoms with E-state index >= 15 is 0 Å². The summed E-state index contributed by atoms with van der Waals surface area (Å²) < 4.78 is 4.74. The minimum absolute atomic E-state index is 0.138. The van der Waals surface area contributed by atoms with E-state index in [4.69, 9.17) is 4.74 Å². The first-order chi connectivity index (χ1) is 16.4. The Balaban J connectivity index is 2.13. The number of amides is 1. The van der Waals surface area contributed by atoms with Gasteiger partial charge in [0.2, 0.25) is 5.91 Å². The molecule has 0 saturated carbocycles. The maximum absolute atomic E-state index is 12.1. The third-order valence-electron chi connectivity index (χ3n) is 5.74. The van der Waals surface area contributed by atoms with Crippen molar-refractivity contribution < 1.29 is 29.0 Å². The molecule has 1 aromatic rings. The maximum Gasteiger partial charge on any atom is 0.345 e. The number of hydrogen-bond acceptors (Lipinski definition) is 5. The van der Waals surface area contributed by atoms with Crippen molar-refractivity contribution in [3.8, 4) is 0 Å². The van der Waals surface area contributed by atoms with E-state index in [0.29, 0.717) is 6.42 Å². The summed E-state index contributed by atoms with van der Waals surface area (Å²) in [6.07, 6.45) is 14.2. The highest BCUT2D eigenvalue weighted by molar-refractivity contribution is 5.96. The van der Waals surface area contributed by atoms with Crippen LogP contribution in [0.4, 0.5) is 0 Å². The standard InChI is InChI=1S/C27H41NO6/c1-2-3-4-5-6-7-8-9-10-11-12-16-19-24(29)28-23(26(31)32)20-21-25(30)34-27(33)22-17-14-13-15-18-22/h13-15,17-18,23H,2-12,16,19-21H2,1H3,(H,28,29)(H,31,32). The Labute approximate surface area is 203 Å². The zero-order valence-electron chi connectivity index (χ0n) is 20.6. The molecule has 0 spiro atoms. The second-order valence-corrected chi connectivity index (χ2v) is 8.76. The smallest absolute Gasteiger partial charge is 0.345 e. The van der Waals surface area contributed by atoms with Gasteiger partial charge in [-0.05, 0) is 25.0 Å². The van der Waals surface area contributed by atoms with Gasteiger partial charge in [-0.2, -0.15) is 0 Å². The van der Waals surface area contributed by atoms with Crippen LogP contribution in [0.2, 0.25) is 0 Å². The molecule has 190 valence electrons. The highest BCUT2D eigenvalue weighted by atomic mass is 16.6. The summed E-state index contributed by atoms with van der Waals surface area (Å²) in [7, 11) is 0. The van der Waals surface area contributed by atoms with Gasteiger partial charge in [-0.3, -0.25) is 9.59 Å². The molecule has 0 heterocycles. The SMILES string of the molecule is CCCCCCCCCCCCCCC(=O)NC(CCC(=O)OC(=O)c1ccccc1)C(=O)O. The molecule has 1 aromatic carbocycles. The van der Waals surface area contributed by atoms with Crippen molar-refractivity contribution in [2.75, 3.05) is 0 Å². The van der Waals surface area contributed by atoms with Gasteiger partial charge in [0, 0.05) is 12.8 Å². The lowest BCUT2D eigenvalue weighted by Crippen LogP contribution is -2.41. The van der Waals surface area contributed by atoms with Gasteiger partial charge in [-0.25, -0.2) is 9.59 Å². The Bertz CT molecular complexity index is 734. The molecule has 0 radical (unpaired) electrons. The summed E-state index contributed by atoms with van der Waals surface area (Å²) in [5.41, 5.74) is 0.237. The van der Waals surface area contributed by atoms with Crippen molar-refractivity contribution >= 4 is 23.8 Å². The van der Waals surface area contributed by atoms with Crippen molar-refractivity contribution in [1.29, 1.82) is 0 Å². The Morgan fingerprint density at radius 2 is 1.32 bits per heavy atom. The molecule has 1 rings (SSSR count). The molecule has 0 aliphatic carbocycles. The van der Waals surface area contributed by atoms with Crippen molar-refractivity contribution in [3.05, 3.63) is 35.9 Å². The minimum atomic E-state index is -1.22. The van der Waals surface area contributed by atoms with Crippen LogP contribution < -0.4 is 5.32 Å². The van der Waals surface area contributed by atoms with E-state index in [1.807, 2.05) is 0 Å². The number of hydrogen-bond donors (Lipinski definition) is 2.